The zero-order valence-electron chi connectivity index (χ0n) is 11.3. The van der Waals surface area contributed by atoms with Gasteiger partial charge in [-0.15, -0.1) is 0 Å². The molecule has 2 aromatic rings. The number of nitrogens with one attached hydrogen (secondary N) is 1. The summed E-state index contributed by atoms with van der Waals surface area (Å²) >= 11 is 3.43. The standard InChI is InChI=1S/C15H15BrN2O2/c1-10-8-13(17-11(2)14(10)16)18-15(19)20-9-12-6-4-3-5-7-12/h3-8H,9H2,1-2H3,(H,17,18,19). The zero-order chi connectivity index (χ0) is 14.5. The van der Waals surface area contributed by atoms with Gasteiger partial charge in [-0.05, 0) is 47.0 Å². The summed E-state index contributed by atoms with van der Waals surface area (Å²) < 4.78 is 6.09. The molecule has 104 valence electrons. The SMILES string of the molecule is Cc1cc(NC(=O)OCc2ccccc2)nc(C)c1Br. The van der Waals surface area contributed by atoms with Crippen LogP contribution >= 0.6 is 15.9 Å². The minimum atomic E-state index is -0.512. The van der Waals surface area contributed by atoms with Crippen LogP contribution in [0.1, 0.15) is 16.8 Å². The van der Waals surface area contributed by atoms with Crippen molar-refractivity contribution in [3.63, 3.8) is 0 Å². The van der Waals surface area contributed by atoms with E-state index in [2.05, 4.69) is 26.2 Å². The number of halogens is 1. The number of carbonyl (C=O) groups is 1. The smallest absolute Gasteiger partial charge is 0.413 e. The molecule has 1 aromatic heterocycles. The Hall–Kier alpha value is -1.88. The fraction of sp³-hybridized carbons (Fsp3) is 0.200. The van der Waals surface area contributed by atoms with E-state index in [1.807, 2.05) is 44.2 Å². The molecular formula is C15H15BrN2O2. The van der Waals surface area contributed by atoms with Gasteiger partial charge in [-0.2, -0.15) is 0 Å². The lowest BCUT2D eigenvalue weighted by molar-refractivity contribution is 0.155. The van der Waals surface area contributed by atoms with E-state index in [-0.39, 0.29) is 6.61 Å². The van der Waals surface area contributed by atoms with Crippen molar-refractivity contribution in [1.29, 1.82) is 0 Å². The average molecular weight is 335 g/mol. The molecule has 2 rings (SSSR count). The first kappa shape index (κ1) is 14.5. The van der Waals surface area contributed by atoms with Gasteiger partial charge in [-0.25, -0.2) is 9.78 Å². The van der Waals surface area contributed by atoms with Crippen molar-refractivity contribution >= 4 is 27.8 Å². The van der Waals surface area contributed by atoms with E-state index < -0.39 is 6.09 Å². The van der Waals surface area contributed by atoms with Gasteiger partial charge in [0, 0.05) is 4.47 Å². The molecule has 1 N–H and O–H groups in total. The number of benzene rings is 1. The van der Waals surface area contributed by atoms with Gasteiger partial charge in [0.25, 0.3) is 0 Å². The molecule has 0 spiro atoms. The van der Waals surface area contributed by atoms with Gasteiger partial charge < -0.3 is 4.74 Å². The fourth-order valence-corrected chi connectivity index (χ4v) is 1.95. The van der Waals surface area contributed by atoms with Crippen molar-refractivity contribution in [3.8, 4) is 0 Å². The minimum Gasteiger partial charge on any atom is -0.444 e. The number of aromatic nitrogens is 1. The van der Waals surface area contributed by atoms with E-state index in [0.29, 0.717) is 5.82 Å². The number of hydrogen-bond donors (Lipinski definition) is 1. The van der Waals surface area contributed by atoms with Crippen LogP contribution in [0.3, 0.4) is 0 Å². The largest absolute Gasteiger partial charge is 0.444 e. The van der Waals surface area contributed by atoms with Crippen LogP contribution in [0.15, 0.2) is 40.9 Å². The van der Waals surface area contributed by atoms with Crippen molar-refractivity contribution in [2.24, 2.45) is 0 Å². The summed E-state index contributed by atoms with van der Waals surface area (Å²) in [4.78, 5) is 16.0. The summed E-state index contributed by atoms with van der Waals surface area (Å²) in [6, 6.07) is 11.3. The first-order valence-electron chi connectivity index (χ1n) is 6.17. The molecule has 20 heavy (non-hydrogen) atoms. The maximum atomic E-state index is 11.7. The summed E-state index contributed by atoms with van der Waals surface area (Å²) in [6.07, 6.45) is -0.512. The third-order valence-electron chi connectivity index (χ3n) is 2.75. The van der Waals surface area contributed by atoms with E-state index in [9.17, 15) is 4.79 Å². The van der Waals surface area contributed by atoms with Gasteiger partial charge in [0.2, 0.25) is 0 Å². The van der Waals surface area contributed by atoms with Crippen LogP contribution in [0.5, 0.6) is 0 Å². The van der Waals surface area contributed by atoms with Gasteiger partial charge in [0.15, 0.2) is 0 Å². The second-order valence-electron chi connectivity index (χ2n) is 4.41. The molecule has 0 saturated heterocycles. The molecule has 0 saturated carbocycles. The highest BCUT2D eigenvalue weighted by Crippen LogP contribution is 2.21. The molecular weight excluding hydrogens is 320 g/mol. The Morgan fingerprint density at radius 1 is 1.30 bits per heavy atom. The van der Waals surface area contributed by atoms with E-state index in [0.717, 1.165) is 21.3 Å². The molecule has 1 aromatic carbocycles. The lowest BCUT2D eigenvalue weighted by atomic mass is 10.2. The lowest BCUT2D eigenvalue weighted by Gasteiger charge is -2.09. The predicted molar refractivity (Wildman–Crippen MR) is 81.7 cm³/mol. The number of aryl methyl sites for hydroxylation is 2. The van der Waals surface area contributed by atoms with E-state index >= 15 is 0 Å². The molecule has 0 unspecified atom stereocenters. The van der Waals surface area contributed by atoms with Crippen molar-refractivity contribution in [2.45, 2.75) is 20.5 Å². The Bertz CT molecular complexity index is 592. The molecule has 0 aliphatic carbocycles. The predicted octanol–water partition coefficient (Wildman–Crippen LogP) is 4.21. The quantitative estimate of drug-likeness (QED) is 0.914. The van der Waals surface area contributed by atoms with Gasteiger partial charge in [-0.3, -0.25) is 5.32 Å². The number of nitrogens with zero attached hydrogens (tertiary/aromatic N) is 1. The molecule has 0 bridgehead atoms. The summed E-state index contributed by atoms with van der Waals surface area (Å²) in [6.45, 7) is 4.05. The first-order chi connectivity index (χ1) is 9.56. The highest BCUT2D eigenvalue weighted by Gasteiger charge is 2.08. The molecule has 0 radical (unpaired) electrons. The van der Waals surface area contributed by atoms with Crippen molar-refractivity contribution < 1.29 is 9.53 Å². The van der Waals surface area contributed by atoms with Gasteiger partial charge >= 0.3 is 6.09 Å². The third kappa shape index (κ3) is 3.81. The number of rotatable bonds is 3. The van der Waals surface area contributed by atoms with Crippen LogP contribution in [-0.4, -0.2) is 11.1 Å². The second kappa shape index (κ2) is 6.52. The highest BCUT2D eigenvalue weighted by atomic mass is 79.9. The highest BCUT2D eigenvalue weighted by molar-refractivity contribution is 9.10. The van der Waals surface area contributed by atoms with Crippen LogP contribution in [0.4, 0.5) is 10.6 Å². The Morgan fingerprint density at radius 3 is 2.65 bits per heavy atom. The number of hydrogen-bond acceptors (Lipinski definition) is 3. The second-order valence-corrected chi connectivity index (χ2v) is 5.20. The molecule has 1 amide bonds. The Kier molecular flexibility index (Phi) is 4.74. The van der Waals surface area contributed by atoms with E-state index in [4.69, 9.17) is 4.74 Å². The summed E-state index contributed by atoms with van der Waals surface area (Å²) in [7, 11) is 0. The Morgan fingerprint density at radius 2 is 2.00 bits per heavy atom. The first-order valence-corrected chi connectivity index (χ1v) is 6.97. The molecule has 1 heterocycles. The molecule has 0 aliphatic rings. The fourth-order valence-electron chi connectivity index (χ4n) is 1.74. The van der Waals surface area contributed by atoms with Crippen LogP contribution in [-0.2, 0) is 11.3 Å². The summed E-state index contributed by atoms with van der Waals surface area (Å²) in [5.41, 5.74) is 2.78. The van der Waals surface area contributed by atoms with Gasteiger partial charge in [-0.1, -0.05) is 30.3 Å². The maximum absolute atomic E-state index is 11.7. The van der Waals surface area contributed by atoms with Crippen molar-refractivity contribution in [2.75, 3.05) is 5.32 Å². The molecule has 0 atom stereocenters. The van der Waals surface area contributed by atoms with Crippen molar-refractivity contribution in [1.82, 2.24) is 4.98 Å². The summed E-state index contributed by atoms with van der Waals surface area (Å²) in [5.74, 6) is 0.487. The van der Waals surface area contributed by atoms with Crippen LogP contribution in [0, 0.1) is 13.8 Å². The lowest BCUT2D eigenvalue weighted by Crippen LogP contribution is -2.15. The molecule has 0 fully saturated rings. The van der Waals surface area contributed by atoms with Crippen LogP contribution < -0.4 is 5.32 Å². The number of anilines is 1. The number of ether oxygens (including phenoxy) is 1. The average Bonchev–Trinajstić information content (AvgIpc) is 2.43. The molecule has 0 aliphatic heterocycles. The van der Waals surface area contributed by atoms with Crippen LogP contribution in [0.2, 0.25) is 0 Å². The van der Waals surface area contributed by atoms with Gasteiger partial charge in [0.05, 0.1) is 5.69 Å². The zero-order valence-corrected chi connectivity index (χ0v) is 12.9. The van der Waals surface area contributed by atoms with E-state index in [1.54, 1.807) is 6.07 Å². The monoisotopic (exact) mass is 334 g/mol. The topological polar surface area (TPSA) is 51.2 Å². The third-order valence-corrected chi connectivity index (χ3v) is 3.95. The van der Waals surface area contributed by atoms with Crippen LogP contribution in [0.25, 0.3) is 0 Å². The molecule has 4 nitrogen and oxygen atoms in total. The van der Waals surface area contributed by atoms with Gasteiger partial charge in [0.1, 0.15) is 12.4 Å². The van der Waals surface area contributed by atoms with E-state index in [1.165, 1.54) is 0 Å². The Labute approximate surface area is 126 Å². The number of pyridine rings is 1. The normalized spacial score (nSPS) is 10.2. The van der Waals surface area contributed by atoms with Crippen molar-refractivity contribution in [3.05, 3.63) is 57.7 Å². The number of amides is 1. The number of carbonyl (C=O) groups excluding carboxylic acids is 1. The minimum absolute atomic E-state index is 0.237. The molecule has 5 heteroatoms. The maximum Gasteiger partial charge on any atom is 0.413 e. The Balaban J connectivity index is 1.95. The summed E-state index contributed by atoms with van der Waals surface area (Å²) in [5, 5.41) is 2.63.